The SMILES string of the molecule is CC(C)(C)C1N=Cc2ccccc2-n2cnnc21. The lowest BCUT2D eigenvalue weighted by Gasteiger charge is -2.25. The van der Waals surface area contributed by atoms with Gasteiger partial charge in [-0.1, -0.05) is 39.0 Å². The largest absolute Gasteiger partial charge is 0.283 e. The second-order valence-electron chi connectivity index (χ2n) is 5.66. The fourth-order valence-electron chi connectivity index (χ4n) is 2.26. The van der Waals surface area contributed by atoms with Crippen molar-refractivity contribution in [3.05, 3.63) is 42.0 Å². The Morgan fingerprint density at radius 3 is 2.72 bits per heavy atom. The average Bonchev–Trinajstić information content (AvgIpc) is 2.71. The van der Waals surface area contributed by atoms with Crippen molar-refractivity contribution in [2.45, 2.75) is 26.8 Å². The number of fused-ring (bicyclic) bond motifs is 3. The summed E-state index contributed by atoms with van der Waals surface area (Å²) in [6, 6.07) is 8.19. The molecule has 0 radical (unpaired) electrons. The molecule has 1 aliphatic rings. The number of hydrogen-bond donors (Lipinski definition) is 0. The van der Waals surface area contributed by atoms with Gasteiger partial charge < -0.3 is 0 Å². The van der Waals surface area contributed by atoms with Crippen LogP contribution in [0.15, 0.2) is 35.6 Å². The van der Waals surface area contributed by atoms with E-state index in [1.807, 2.05) is 22.9 Å². The first-order valence-corrected chi connectivity index (χ1v) is 6.10. The molecule has 18 heavy (non-hydrogen) atoms. The minimum Gasteiger partial charge on any atom is -0.283 e. The highest BCUT2D eigenvalue weighted by Crippen LogP contribution is 2.37. The number of nitrogens with zero attached hydrogens (tertiary/aromatic N) is 4. The third-order valence-corrected chi connectivity index (χ3v) is 3.20. The van der Waals surface area contributed by atoms with E-state index in [2.05, 4.69) is 43.1 Å². The summed E-state index contributed by atoms with van der Waals surface area (Å²) in [5.41, 5.74) is 2.21. The van der Waals surface area contributed by atoms with Crippen LogP contribution in [0.4, 0.5) is 0 Å². The van der Waals surface area contributed by atoms with Crippen molar-refractivity contribution >= 4 is 6.21 Å². The van der Waals surface area contributed by atoms with Crippen LogP contribution in [0.3, 0.4) is 0 Å². The van der Waals surface area contributed by atoms with Gasteiger partial charge >= 0.3 is 0 Å². The maximum Gasteiger partial charge on any atom is 0.162 e. The Bertz CT molecular complexity index is 604. The zero-order chi connectivity index (χ0) is 12.8. The van der Waals surface area contributed by atoms with E-state index >= 15 is 0 Å². The van der Waals surface area contributed by atoms with Crippen molar-refractivity contribution in [2.24, 2.45) is 10.4 Å². The molecule has 1 aromatic heterocycles. The number of aliphatic imine (C=N–C) groups is 1. The Balaban J connectivity index is 2.25. The summed E-state index contributed by atoms with van der Waals surface area (Å²) in [7, 11) is 0. The van der Waals surface area contributed by atoms with Crippen LogP contribution >= 0.6 is 0 Å². The van der Waals surface area contributed by atoms with Crippen molar-refractivity contribution in [2.75, 3.05) is 0 Å². The van der Waals surface area contributed by atoms with Crippen LogP contribution in [0.5, 0.6) is 0 Å². The van der Waals surface area contributed by atoms with Gasteiger partial charge in [0.15, 0.2) is 5.82 Å². The summed E-state index contributed by atoms with van der Waals surface area (Å²) in [6.45, 7) is 6.51. The third kappa shape index (κ3) is 1.65. The molecule has 92 valence electrons. The molecule has 1 unspecified atom stereocenters. The summed E-state index contributed by atoms with van der Waals surface area (Å²) < 4.78 is 2.04. The lowest BCUT2D eigenvalue weighted by atomic mass is 9.86. The van der Waals surface area contributed by atoms with Gasteiger partial charge in [-0.15, -0.1) is 10.2 Å². The van der Waals surface area contributed by atoms with E-state index in [1.165, 1.54) is 0 Å². The molecular weight excluding hydrogens is 224 g/mol. The van der Waals surface area contributed by atoms with Crippen molar-refractivity contribution in [3.8, 4) is 5.69 Å². The van der Waals surface area contributed by atoms with Gasteiger partial charge in [0.2, 0.25) is 0 Å². The number of rotatable bonds is 0. The molecule has 1 aromatic carbocycles. The standard InChI is InChI=1S/C14H16N4/c1-14(2,3)12-13-17-16-9-18(13)11-7-5-4-6-10(11)8-15-12/h4-9,12H,1-3H3. The molecule has 0 bridgehead atoms. The minimum atomic E-state index is 0.0172. The first kappa shape index (κ1) is 11.1. The van der Waals surface area contributed by atoms with Crippen LogP contribution in [0, 0.1) is 5.41 Å². The molecule has 1 aliphatic heterocycles. The Hall–Kier alpha value is -1.97. The van der Waals surface area contributed by atoms with Gasteiger partial charge in [0.1, 0.15) is 12.4 Å². The van der Waals surface area contributed by atoms with Crippen molar-refractivity contribution in [3.63, 3.8) is 0 Å². The molecule has 2 heterocycles. The first-order chi connectivity index (χ1) is 8.57. The van der Waals surface area contributed by atoms with Crippen LogP contribution in [-0.2, 0) is 0 Å². The van der Waals surface area contributed by atoms with Gasteiger partial charge in [0.05, 0.1) is 5.69 Å². The van der Waals surface area contributed by atoms with Gasteiger partial charge in [0.25, 0.3) is 0 Å². The number of aromatic nitrogens is 3. The molecular formula is C14H16N4. The molecule has 2 aromatic rings. The zero-order valence-corrected chi connectivity index (χ0v) is 10.8. The average molecular weight is 240 g/mol. The molecule has 1 atom stereocenters. The fourth-order valence-corrected chi connectivity index (χ4v) is 2.26. The van der Waals surface area contributed by atoms with E-state index in [0.717, 1.165) is 17.1 Å². The Labute approximate surface area is 106 Å². The second-order valence-corrected chi connectivity index (χ2v) is 5.66. The van der Waals surface area contributed by atoms with Crippen LogP contribution < -0.4 is 0 Å². The molecule has 4 nitrogen and oxygen atoms in total. The van der Waals surface area contributed by atoms with Gasteiger partial charge in [-0.25, -0.2) is 0 Å². The lowest BCUT2D eigenvalue weighted by molar-refractivity contribution is 0.316. The van der Waals surface area contributed by atoms with Crippen molar-refractivity contribution < 1.29 is 0 Å². The molecule has 0 amide bonds. The fraction of sp³-hybridized carbons (Fsp3) is 0.357. The summed E-state index contributed by atoms with van der Waals surface area (Å²) in [5.74, 6) is 0.906. The van der Waals surface area contributed by atoms with E-state index in [-0.39, 0.29) is 11.5 Å². The van der Waals surface area contributed by atoms with E-state index in [9.17, 15) is 0 Å². The minimum absolute atomic E-state index is 0.0172. The normalized spacial score (nSPS) is 18.1. The van der Waals surface area contributed by atoms with Crippen molar-refractivity contribution in [1.82, 2.24) is 14.8 Å². The quantitative estimate of drug-likeness (QED) is 0.710. The second kappa shape index (κ2) is 3.77. The van der Waals surface area contributed by atoms with E-state index in [1.54, 1.807) is 6.33 Å². The molecule has 0 N–H and O–H groups in total. The summed E-state index contributed by atoms with van der Waals surface area (Å²) in [6.07, 6.45) is 3.71. The molecule has 0 spiro atoms. The Kier molecular flexibility index (Phi) is 2.33. The molecule has 0 fully saturated rings. The number of benzene rings is 1. The van der Waals surface area contributed by atoms with Gasteiger partial charge in [-0.3, -0.25) is 9.56 Å². The maximum absolute atomic E-state index is 4.70. The van der Waals surface area contributed by atoms with E-state index in [4.69, 9.17) is 4.99 Å². The monoisotopic (exact) mass is 240 g/mol. The maximum atomic E-state index is 4.70. The number of para-hydroxylation sites is 1. The van der Waals surface area contributed by atoms with E-state index in [0.29, 0.717) is 0 Å². The van der Waals surface area contributed by atoms with Gasteiger partial charge in [0, 0.05) is 11.8 Å². The lowest BCUT2D eigenvalue weighted by Crippen LogP contribution is -2.19. The predicted octanol–water partition coefficient (Wildman–Crippen LogP) is 2.79. The molecule has 0 saturated carbocycles. The molecule has 4 heteroatoms. The Morgan fingerprint density at radius 1 is 1.17 bits per heavy atom. The van der Waals surface area contributed by atoms with Gasteiger partial charge in [-0.05, 0) is 11.5 Å². The zero-order valence-electron chi connectivity index (χ0n) is 10.8. The number of hydrogen-bond acceptors (Lipinski definition) is 3. The summed E-state index contributed by atoms with van der Waals surface area (Å²) >= 11 is 0. The van der Waals surface area contributed by atoms with Crippen LogP contribution in [-0.4, -0.2) is 21.0 Å². The topological polar surface area (TPSA) is 43.1 Å². The van der Waals surface area contributed by atoms with Crippen LogP contribution in [0.25, 0.3) is 5.69 Å². The van der Waals surface area contributed by atoms with Crippen LogP contribution in [0.1, 0.15) is 38.2 Å². The van der Waals surface area contributed by atoms with Gasteiger partial charge in [-0.2, -0.15) is 0 Å². The highest BCUT2D eigenvalue weighted by Gasteiger charge is 2.31. The summed E-state index contributed by atoms with van der Waals surface area (Å²) in [4.78, 5) is 4.70. The predicted molar refractivity (Wildman–Crippen MR) is 71.1 cm³/mol. The van der Waals surface area contributed by atoms with Crippen LogP contribution in [0.2, 0.25) is 0 Å². The molecule has 3 rings (SSSR count). The molecule has 0 aliphatic carbocycles. The third-order valence-electron chi connectivity index (χ3n) is 3.20. The summed E-state index contributed by atoms with van der Waals surface area (Å²) in [5, 5.41) is 8.31. The van der Waals surface area contributed by atoms with E-state index < -0.39 is 0 Å². The smallest absolute Gasteiger partial charge is 0.162 e. The highest BCUT2D eigenvalue weighted by atomic mass is 15.3. The Morgan fingerprint density at radius 2 is 1.94 bits per heavy atom. The van der Waals surface area contributed by atoms with Crippen molar-refractivity contribution in [1.29, 1.82) is 0 Å². The molecule has 0 saturated heterocycles. The highest BCUT2D eigenvalue weighted by molar-refractivity contribution is 5.85. The first-order valence-electron chi connectivity index (χ1n) is 6.10.